The number of rotatable bonds is 5. The van der Waals surface area contributed by atoms with E-state index in [1.807, 2.05) is 85.8 Å². The van der Waals surface area contributed by atoms with Crippen LogP contribution in [0.4, 0.5) is 0 Å². The van der Waals surface area contributed by atoms with Crippen molar-refractivity contribution in [2.24, 2.45) is 5.73 Å². The number of carbonyl (C=O) groups is 1. The van der Waals surface area contributed by atoms with Crippen molar-refractivity contribution in [2.75, 3.05) is 0 Å². The summed E-state index contributed by atoms with van der Waals surface area (Å²) in [6.45, 7) is 1.93. The van der Waals surface area contributed by atoms with E-state index in [0.29, 0.717) is 22.6 Å². The molecule has 7 heteroatoms. The zero-order chi connectivity index (χ0) is 22.1. The number of benzene rings is 2. The molecule has 6 nitrogen and oxygen atoms in total. The summed E-state index contributed by atoms with van der Waals surface area (Å²) in [5.74, 6) is -0.560. The number of para-hydroxylation sites is 1. The monoisotopic (exact) mass is 437 g/mol. The van der Waals surface area contributed by atoms with Crippen LogP contribution in [0.2, 0.25) is 0 Å². The van der Waals surface area contributed by atoms with Gasteiger partial charge in [-0.15, -0.1) is 0 Å². The second-order valence-corrected chi connectivity index (χ2v) is 8.25. The molecule has 0 spiro atoms. The highest BCUT2D eigenvalue weighted by molar-refractivity contribution is 7.97. The molecule has 1 amide bonds. The number of aryl methyl sites for hydroxylation is 1. The van der Waals surface area contributed by atoms with Crippen LogP contribution in [-0.4, -0.2) is 25.1 Å². The Morgan fingerprint density at radius 2 is 1.72 bits per heavy atom. The van der Waals surface area contributed by atoms with Crippen LogP contribution >= 0.6 is 11.9 Å². The molecule has 2 N–H and O–H groups in total. The highest BCUT2D eigenvalue weighted by Crippen LogP contribution is 2.39. The van der Waals surface area contributed by atoms with Gasteiger partial charge >= 0.3 is 0 Å². The predicted octanol–water partition coefficient (Wildman–Crippen LogP) is 5.12. The summed E-state index contributed by atoms with van der Waals surface area (Å²) in [4.78, 5) is 22.8. The van der Waals surface area contributed by atoms with Gasteiger partial charge in [-0.25, -0.2) is 0 Å². The SMILES string of the molecule is Cc1cccc(-c2nn(Sc3ccccc3)c(C(N)=O)c2-c2ccnc3ccccc23)n1. The third-order valence-corrected chi connectivity index (χ3v) is 5.99. The van der Waals surface area contributed by atoms with Gasteiger partial charge < -0.3 is 5.73 Å². The molecule has 5 aromatic rings. The van der Waals surface area contributed by atoms with Crippen LogP contribution in [0.3, 0.4) is 0 Å². The van der Waals surface area contributed by atoms with E-state index in [9.17, 15) is 4.79 Å². The average Bonchev–Trinajstić information content (AvgIpc) is 3.18. The summed E-state index contributed by atoms with van der Waals surface area (Å²) in [5.41, 5.74) is 10.7. The number of hydrogen-bond acceptors (Lipinski definition) is 5. The van der Waals surface area contributed by atoms with Gasteiger partial charge in [-0.05, 0) is 48.9 Å². The highest BCUT2D eigenvalue weighted by Gasteiger charge is 2.27. The second kappa shape index (κ2) is 8.28. The van der Waals surface area contributed by atoms with Crippen LogP contribution in [-0.2, 0) is 0 Å². The van der Waals surface area contributed by atoms with E-state index in [-0.39, 0.29) is 0 Å². The Hall–Kier alpha value is -3.97. The molecule has 32 heavy (non-hydrogen) atoms. The Morgan fingerprint density at radius 1 is 0.938 bits per heavy atom. The summed E-state index contributed by atoms with van der Waals surface area (Å²) in [6, 6.07) is 25.2. The van der Waals surface area contributed by atoms with Crippen molar-refractivity contribution in [3.63, 3.8) is 0 Å². The van der Waals surface area contributed by atoms with Gasteiger partial charge in [0.2, 0.25) is 0 Å². The molecule has 0 aliphatic carbocycles. The fourth-order valence-electron chi connectivity index (χ4n) is 3.69. The lowest BCUT2D eigenvalue weighted by molar-refractivity contribution is 0.0995. The summed E-state index contributed by atoms with van der Waals surface area (Å²) in [5, 5.41) is 5.73. The number of amides is 1. The molecule has 3 heterocycles. The van der Waals surface area contributed by atoms with Gasteiger partial charge in [0.25, 0.3) is 5.91 Å². The van der Waals surface area contributed by atoms with Crippen LogP contribution in [0.15, 0.2) is 90.0 Å². The lowest BCUT2D eigenvalue weighted by Crippen LogP contribution is -2.16. The fourth-order valence-corrected chi connectivity index (χ4v) is 4.56. The van der Waals surface area contributed by atoms with Gasteiger partial charge in [0, 0.05) is 39.7 Å². The summed E-state index contributed by atoms with van der Waals surface area (Å²) >= 11 is 1.34. The number of nitrogens with zero attached hydrogens (tertiary/aromatic N) is 4. The van der Waals surface area contributed by atoms with E-state index in [1.165, 1.54) is 11.9 Å². The number of hydrogen-bond donors (Lipinski definition) is 1. The van der Waals surface area contributed by atoms with Crippen LogP contribution in [0.5, 0.6) is 0 Å². The Bertz CT molecular complexity index is 1440. The van der Waals surface area contributed by atoms with E-state index in [0.717, 1.165) is 27.1 Å². The summed E-state index contributed by atoms with van der Waals surface area (Å²) in [6.07, 6.45) is 1.73. The second-order valence-electron chi connectivity index (χ2n) is 7.25. The van der Waals surface area contributed by atoms with Crippen LogP contribution in [0.25, 0.3) is 33.4 Å². The number of carbonyl (C=O) groups excluding carboxylic acids is 1. The van der Waals surface area contributed by atoms with Crippen molar-refractivity contribution in [2.45, 2.75) is 11.8 Å². The third kappa shape index (κ3) is 3.63. The minimum absolute atomic E-state index is 0.313. The lowest BCUT2D eigenvalue weighted by Gasteiger charge is -2.09. The van der Waals surface area contributed by atoms with E-state index >= 15 is 0 Å². The quantitative estimate of drug-likeness (QED) is 0.412. The molecule has 0 atom stereocenters. The van der Waals surface area contributed by atoms with Crippen LogP contribution < -0.4 is 5.73 Å². The average molecular weight is 438 g/mol. The van der Waals surface area contributed by atoms with Crippen molar-refractivity contribution in [3.05, 3.63) is 96.4 Å². The number of pyridine rings is 2. The Labute approximate surface area is 189 Å². The van der Waals surface area contributed by atoms with Gasteiger partial charge in [0.15, 0.2) is 0 Å². The standard InChI is InChI=1S/C25H19N5OS/c1-16-8-7-13-21(28-16)23-22(19-14-15-27-20-12-6-5-11-18(19)20)24(25(26)31)30(29-23)32-17-9-3-2-4-10-17/h2-15H,1H3,(H2,26,31). The van der Waals surface area contributed by atoms with Crippen molar-refractivity contribution in [3.8, 4) is 22.5 Å². The van der Waals surface area contributed by atoms with Crippen molar-refractivity contribution in [1.29, 1.82) is 0 Å². The molecule has 5 rings (SSSR count). The van der Waals surface area contributed by atoms with Gasteiger partial charge in [0.1, 0.15) is 11.4 Å². The zero-order valence-corrected chi connectivity index (χ0v) is 18.1. The first-order valence-electron chi connectivity index (χ1n) is 10.1. The first-order chi connectivity index (χ1) is 15.6. The molecule has 0 saturated heterocycles. The normalized spacial score (nSPS) is 11.0. The Balaban J connectivity index is 1.83. The van der Waals surface area contributed by atoms with Crippen LogP contribution in [0, 0.1) is 6.92 Å². The minimum Gasteiger partial charge on any atom is -0.364 e. The molecule has 0 unspecified atom stereocenters. The van der Waals surface area contributed by atoms with E-state index in [2.05, 4.69) is 9.97 Å². The molecule has 0 saturated carbocycles. The fraction of sp³-hybridized carbons (Fsp3) is 0.0400. The topological polar surface area (TPSA) is 86.7 Å². The van der Waals surface area contributed by atoms with Gasteiger partial charge in [0.05, 0.1) is 11.2 Å². The van der Waals surface area contributed by atoms with Crippen LogP contribution in [0.1, 0.15) is 16.2 Å². The maximum Gasteiger partial charge on any atom is 0.268 e. The first kappa shape index (κ1) is 20.0. The first-order valence-corrected chi connectivity index (χ1v) is 10.8. The molecule has 0 radical (unpaired) electrons. The predicted molar refractivity (Wildman–Crippen MR) is 127 cm³/mol. The molecule has 156 valence electrons. The van der Waals surface area contributed by atoms with Crippen molar-refractivity contribution < 1.29 is 4.79 Å². The maximum atomic E-state index is 12.8. The molecule has 0 fully saturated rings. The van der Waals surface area contributed by atoms with Crippen molar-refractivity contribution in [1.82, 2.24) is 19.2 Å². The smallest absolute Gasteiger partial charge is 0.268 e. The summed E-state index contributed by atoms with van der Waals surface area (Å²) < 4.78 is 1.60. The molecular weight excluding hydrogens is 418 g/mol. The van der Waals surface area contributed by atoms with Gasteiger partial charge in [-0.1, -0.05) is 42.5 Å². The number of fused-ring (bicyclic) bond motifs is 1. The van der Waals surface area contributed by atoms with E-state index in [1.54, 1.807) is 10.3 Å². The molecule has 0 bridgehead atoms. The molecule has 0 aliphatic rings. The van der Waals surface area contributed by atoms with E-state index in [4.69, 9.17) is 10.8 Å². The minimum atomic E-state index is -0.560. The number of nitrogens with two attached hydrogens (primary N) is 1. The molecule has 2 aromatic carbocycles. The highest BCUT2D eigenvalue weighted by atomic mass is 32.2. The third-order valence-electron chi connectivity index (χ3n) is 5.07. The summed E-state index contributed by atoms with van der Waals surface area (Å²) in [7, 11) is 0. The largest absolute Gasteiger partial charge is 0.364 e. The Morgan fingerprint density at radius 3 is 2.50 bits per heavy atom. The van der Waals surface area contributed by atoms with E-state index < -0.39 is 5.91 Å². The van der Waals surface area contributed by atoms with Gasteiger partial charge in [-0.2, -0.15) is 9.19 Å². The molecule has 3 aromatic heterocycles. The molecular formula is C25H19N5OS. The Kier molecular flexibility index (Phi) is 5.17. The number of aromatic nitrogens is 4. The number of primary amides is 1. The maximum absolute atomic E-state index is 12.8. The lowest BCUT2D eigenvalue weighted by atomic mass is 9.97. The van der Waals surface area contributed by atoms with Crippen molar-refractivity contribution >= 4 is 28.8 Å². The molecule has 0 aliphatic heterocycles. The zero-order valence-electron chi connectivity index (χ0n) is 17.3. The van der Waals surface area contributed by atoms with Gasteiger partial charge in [-0.3, -0.25) is 14.8 Å².